The summed E-state index contributed by atoms with van der Waals surface area (Å²) in [6.07, 6.45) is 2.96. The number of hydrogen-bond acceptors (Lipinski definition) is 8. The van der Waals surface area contributed by atoms with Crippen LogP contribution in [-0.2, 0) is 4.79 Å². The van der Waals surface area contributed by atoms with Gasteiger partial charge in [-0.2, -0.15) is 0 Å². The Morgan fingerprint density at radius 2 is 1.78 bits per heavy atom. The van der Waals surface area contributed by atoms with Crippen LogP contribution >= 0.6 is 11.8 Å². The third-order valence-electron chi connectivity index (χ3n) is 7.99. The highest BCUT2D eigenvalue weighted by Crippen LogP contribution is 2.39. The number of pyridine rings is 1. The molecular weight excluding hydrogens is 651 g/mol. The normalized spacial score (nSPS) is 16.5. The second-order valence-corrected chi connectivity index (χ2v) is 13.0. The quantitative estimate of drug-likeness (QED) is 0.183. The van der Waals surface area contributed by atoms with Crippen molar-refractivity contribution >= 4 is 46.3 Å². The number of urea groups is 2. The Morgan fingerprint density at radius 1 is 1.00 bits per heavy atom. The molecule has 2 saturated heterocycles. The molecule has 6 rings (SSSR count). The summed E-state index contributed by atoms with van der Waals surface area (Å²) in [6.45, 7) is 5.08. The van der Waals surface area contributed by atoms with Gasteiger partial charge in [0.05, 0.1) is 18.4 Å². The minimum absolute atomic E-state index is 0.0590. The SMILES string of the molecule is COc1cc2c(Oc3ccc(NC(=O)NN4C(=O)CSC4c4cccc(F)c4)cc3)ccnc2cc1OC1CCN(C(=O)NC(C)C)CC1. The van der Waals surface area contributed by atoms with Crippen molar-refractivity contribution in [2.75, 3.05) is 31.3 Å². The zero-order valence-corrected chi connectivity index (χ0v) is 28.1. The van der Waals surface area contributed by atoms with E-state index in [-0.39, 0.29) is 29.8 Å². The number of halogens is 1. The van der Waals surface area contributed by atoms with Gasteiger partial charge in [0.1, 0.15) is 28.8 Å². The lowest BCUT2D eigenvalue weighted by atomic mass is 10.1. The number of methoxy groups -OCH3 is 1. The zero-order chi connectivity index (χ0) is 34.5. The molecule has 256 valence electrons. The number of nitrogens with one attached hydrogen (secondary N) is 3. The number of nitrogens with zero attached hydrogens (tertiary/aromatic N) is 3. The van der Waals surface area contributed by atoms with E-state index < -0.39 is 17.2 Å². The number of hydrogen-bond donors (Lipinski definition) is 3. The second kappa shape index (κ2) is 14.9. The van der Waals surface area contributed by atoms with Crippen molar-refractivity contribution in [2.45, 2.75) is 44.2 Å². The van der Waals surface area contributed by atoms with Crippen LogP contribution in [0, 0.1) is 5.82 Å². The minimum Gasteiger partial charge on any atom is -0.493 e. The fourth-order valence-corrected chi connectivity index (χ4v) is 6.71. The van der Waals surface area contributed by atoms with Crippen LogP contribution in [0.4, 0.5) is 19.7 Å². The lowest BCUT2D eigenvalue weighted by Gasteiger charge is -2.33. The van der Waals surface area contributed by atoms with Crippen LogP contribution in [0.25, 0.3) is 10.9 Å². The van der Waals surface area contributed by atoms with Crippen molar-refractivity contribution in [2.24, 2.45) is 0 Å². The molecule has 14 heteroatoms. The highest BCUT2D eigenvalue weighted by atomic mass is 32.2. The summed E-state index contributed by atoms with van der Waals surface area (Å²) < 4.78 is 32.0. The lowest BCUT2D eigenvalue weighted by Crippen LogP contribution is -2.48. The molecule has 49 heavy (non-hydrogen) atoms. The first-order chi connectivity index (χ1) is 23.7. The Balaban J connectivity index is 1.08. The van der Waals surface area contributed by atoms with Gasteiger partial charge in [-0.3, -0.25) is 9.78 Å². The Kier molecular flexibility index (Phi) is 10.2. The van der Waals surface area contributed by atoms with Gasteiger partial charge in [-0.1, -0.05) is 12.1 Å². The van der Waals surface area contributed by atoms with Crippen molar-refractivity contribution in [1.82, 2.24) is 25.6 Å². The molecule has 1 aromatic heterocycles. The molecule has 3 N–H and O–H groups in total. The summed E-state index contributed by atoms with van der Waals surface area (Å²) >= 11 is 1.30. The van der Waals surface area contributed by atoms with Gasteiger partial charge in [0.2, 0.25) is 0 Å². The molecular formula is C35H37FN6O6S. The second-order valence-electron chi connectivity index (χ2n) is 11.9. The number of amides is 5. The number of rotatable bonds is 9. The molecule has 2 aliphatic heterocycles. The van der Waals surface area contributed by atoms with E-state index in [0.717, 1.165) is 5.39 Å². The minimum atomic E-state index is -0.613. The van der Waals surface area contributed by atoms with Crippen LogP contribution in [0.5, 0.6) is 23.0 Å². The van der Waals surface area contributed by atoms with Gasteiger partial charge in [-0.15, -0.1) is 11.8 Å². The maximum absolute atomic E-state index is 13.8. The maximum atomic E-state index is 13.8. The summed E-state index contributed by atoms with van der Waals surface area (Å²) in [7, 11) is 1.58. The number of aromatic nitrogens is 1. The molecule has 1 atom stereocenters. The van der Waals surface area contributed by atoms with Crippen LogP contribution in [0.1, 0.15) is 37.6 Å². The maximum Gasteiger partial charge on any atom is 0.338 e. The molecule has 5 amide bonds. The lowest BCUT2D eigenvalue weighted by molar-refractivity contribution is -0.130. The summed E-state index contributed by atoms with van der Waals surface area (Å²) in [5, 5.41) is 7.04. The Labute approximate surface area is 287 Å². The number of likely N-dealkylation sites (tertiary alicyclic amines) is 1. The summed E-state index contributed by atoms with van der Waals surface area (Å²) in [5.74, 6) is 1.62. The van der Waals surface area contributed by atoms with Crippen LogP contribution in [0.2, 0.25) is 0 Å². The first-order valence-electron chi connectivity index (χ1n) is 15.9. The Hall–Kier alpha value is -5.24. The number of ether oxygens (including phenoxy) is 3. The van der Waals surface area contributed by atoms with Crippen LogP contribution < -0.4 is 30.3 Å². The third kappa shape index (κ3) is 8.08. The molecule has 2 aliphatic rings. The number of carbonyl (C=O) groups excluding carboxylic acids is 3. The average Bonchev–Trinajstić information content (AvgIpc) is 3.44. The third-order valence-corrected chi connectivity index (χ3v) is 9.20. The number of benzene rings is 3. The van der Waals surface area contributed by atoms with E-state index in [0.29, 0.717) is 65.7 Å². The van der Waals surface area contributed by atoms with Gasteiger partial charge in [-0.25, -0.2) is 24.4 Å². The van der Waals surface area contributed by atoms with E-state index in [9.17, 15) is 18.8 Å². The number of hydrazine groups is 1. The summed E-state index contributed by atoms with van der Waals surface area (Å²) in [4.78, 5) is 43.9. The van der Waals surface area contributed by atoms with E-state index in [4.69, 9.17) is 14.2 Å². The monoisotopic (exact) mass is 688 g/mol. The Bertz CT molecular complexity index is 1840. The molecule has 0 radical (unpaired) electrons. The average molecular weight is 689 g/mol. The number of fused-ring (bicyclic) bond motifs is 1. The molecule has 4 aromatic rings. The van der Waals surface area contributed by atoms with Gasteiger partial charge in [0.25, 0.3) is 5.91 Å². The van der Waals surface area contributed by atoms with Gasteiger partial charge in [0.15, 0.2) is 11.5 Å². The van der Waals surface area contributed by atoms with E-state index in [2.05, 4.69) is 21.0 Å². The topological polar surface area (TPSA) is 134 Å². The molecule has 3 heterocycles. The molecule has 0 saturated carbocycles. The molecule has 1 unspecified atom stereocenters. The molecule has 2 fully saturated rings. The van der Waals surface area contributed by atoms with Gasteiger partial charge >= 0.3 is 12.1 Å². The van der Waals surface area contributed by atoms with Crippen molar-refractivity contribution in [1.29, 1.82) is 0 Å². The van der Waals surface area contributed by atoms with E-state index in [1.165, 1.54) is 28.9 Å². The van der Waals surface area contributed by atoms with Crippen molar-refractivity contribution in [3.8, 4) is 23.0 Å². The van der Waals surface area contributed by atoms with E-state index >= 15 is 0 Å². The molecule has 0 spiro atoms. The highest BCUT2D eigenvalue weighted by Gasteiger charge is 2.34. The number of thioether (sulfide) groups is 1. The van der Waals surface area contributed by atoms with Crippen molar-refractivity contribution in [3.63, 3.8) is 0 Å². The predicted octanol–water partition coefficient (Wildman–Crippen LogP) is 6.45. The van der Waals surface area contributed by atoms with Crippen LogP contribution in [-0.4, -0.2) is 71.0 Å². The Morgan fingerprint density at radius 3 is 2.49 bits per heavy atom. The van der Waals surface area contributed by atoms with Crippen molar-refractivity contribution < 1.29 is 33.0 Å². The molecule has 3 aromatic carbocycles. The van der Waals surface area contributed by atoms with Crippen LogP contribution in [0.15, 0.2) is 72.9 Å². The highest BCUT2D eigenvalue weighted by molar-refractivity contribution is 8.00. The van der Waals surface area contributed by atoms with Crippen LogP contribution in [0.3, 0.4) is 0 Å². The van der Waals surface area contributed by atoms with Gasteiger partial charge in [0, 0.05) is 55.3 Å². The summed E-state index contributed by atoms with van der Waals surface area (Å²) in [5.41, 5.74) is 4.29. The van der Waals surface area contributed by atoms with Gasteiger partial charge < -0.3 is 29.7 Å². The van der Waals surface area contributed by atoms with E-state index in [1.54, 1.807) is 60.7 Å². The van der Waals surface area contributed by atoms with E-state index in [1.807, 2.05) is 26.0 Å². The molecule has 0 bridgehead atoms. The van der Waals surface area contributed by atoms with Crippen molar-refractivity contribution in [3.05, 3.63) is 84.3 Å². The summed E-state index contributed by atoms with van der Waals surface area (Å²) in [6, 6.07) is 17.5. The van der Waals surface area contributed by atoms with Gasteiger partial charge in [-0.05, 0) is 67.9 Å². The molecule has 0 aliphatic carbocycles. The number of piperidine rings is 1. The standard InChI is InChI=1S/C35H37FN6O6S/c1-21(2)38-35(45)41-15-12-26(13-16-41)48-31-19-28-27(18-30(31)46-3)29(11-14-37-28)47-25-9-7-24(8-10-25)39-34(44)40-42-32(43)20-49-33(42)22-5-4-6-23(36)17-22/h4-11,14,17-19,21,26,33H,12-13,15-16,20H2,1-3H3,(H,38,45)(H2,39,40,44). The largest absolute Gasteiger partial charge is 0.493 e. The number of anilines is 1. The smallest absolute Gasteiger partial charge is 0.338 e. The molecule has 12 nitrogen and oxygen atoms in total. The first-order valence-corrected chi connectivity index (χ1v) is 16.9. The zero-order valence-electron chi connectivity index (χ0n) is 27.3. The predicted molar refractivity (Wildman–Crippen MR) is 184 cm³/mol. The fourth-order valence-electron chi connectivity index (χ4n) is 5.62. The fraction of sp³-hybridized carbons (Fsp3) is 0.314. The first kappa shape index (κ1) is 33.7. The number of carbonyl (C=O) groups is 3.